The van der Waals surface area contributed by atoms with E-state index in [4.69, 9.17) is 4.74 Å². The number of amides is 3. The van der Waals surface area contributed by atoms with E-state index in [-0.39, 0.29) is 36.0 Å². The minimum absolute atomic E-state index is 0.0463. The highest BCUT2D eigenvalue weighted by atomic mass is 32.1. The highest BCUT2D eigenvalue weighted by Crippen LogP contribution is 2.34. The van der Waals surface area contributed by atoms with Gasteiger partial charge in [0.15, 0.2) is 0 Å². The molecule has 33 heavy (non-hydrogen) atoms. The number of ether oxygens (including phenoxy) is 1. The number of carbonyl (C=O) groups is 2. The number of thiophene rings is 1. The second-order valence-electron chi connectivity index (χ2n) is 10.2. The third kappa shape index (κ3) is 6.73. The van der Waals surface area contributed by atoms with Crippen molar-refractivity contribution < 1.29 is 14.3 Å². The molecular formula is C26H37N3O3S. The molecule has 1 aliphatic rings. The first-order chi connectivity index (χ1) is 15.5. The van der Waals surface area contributed by atoms with Crippen LogP contribution in [-0.4, -0.2) is 53.5 Å². The van der Waals surface area contributed by atoms with E-state index in [1.807, 2.05) is 56.9 Å². The number of nitrogens with zero attached hydrogens (tertiary/aromatic N) is 2. The molecule has 3 amide bonds. The van der Waals surface area contributed by atoms with Crippen LogP contribution in [0.2, 0.25) is 0 Å². The van der Waals surface area contributed by atoms with Crippen LogP contribution >= 0.6 is 11.3 Å². The molecule has 180 valence electrons. The molecule has 0 saturated heterocycles. The zero-order valence-corrected chi connectivity index (χ0v) is 21.5. The number of nitrogens with one attached hydrogen (secondary N) is 1. The molecule has 1 N–H and O–H groups in total. The molecule has 1 atom stereocenters. The Morgan fingerprint density at radius 3 is 2.64 bits per heavy atom. The van der Waals surface area contributed by atoms with Gasteiger partial charge in [-0.1, -0.05) is 32.0 Å². The number of rotatable bonds is 7. The van der Waals surface area contributed by atoms with E-state index in [1.165, 1.54) is 4.88 Å². The van der Waals surface area contributed by atoms with E-state index < -0.39 is 0 Å². The lowest BCUT2D eigenvalue weighted by Gasteiger charge is -2.37. The molecule has 0 spiro atoms. The number of hydrogen-bond acceptors (Lipinski definition) is 4. The normalized spacial score (nSPS) is 15.8. The Kier molecular flexibility index (Phi) is 8.05. The number of para-hydroxylation sites is 1. The van der Waals surface area contributed by atoms with Gasteiger partial charge in [0.05, 0.1) is 6.04 Å². The van der Waals surface area contributed by atoms with Crippen LogP contribution in [0.4, 0.5) is 4.79 Å². The molecule has 0 bridgehead atoms. The second-order valence-corrected chi connectivity index (χ2v) is 11.2. The SMILES string of the molecule is Cc1ccccc1OC[C@@H]1c2ccsc2CCN1C(=O)CN(CC(C)C)C(=O)NC(C)(C)C. The lowest BCUT2D eigenvalue weighted by molar-refractivity contribution is -0.135. The Balaban J connectivity index is 1.78. The van der Waals surface area contributed by atoms with Crippen molar-refractivity contribution >= 4 is 23.3 Å². The predicted octanol–water partition coefficient (Wildman–Crippen LogP) is 5.03. The van der Waals surface area contributed by atoms with E-state index in [0.29, 0.717) is 19.7 Å². The average Bonchev–Trinajstić information content (AvgIpc) is 3.20. The summed E-state index contributed by atoms with van der Waals surface area (Å²) in [5.41, 5.74) is 1.86. The summed E-state index contributed by atoms with van der Waals surface area (Å²) in [4.78, 5) is 31.3. The minimum atomic E-state index is -0.365. The lowest BCUT2D eigenvalue weighted by Crippen LogP contribution is -2.53. The fourth-order valence-electron chi connectivity index (χ4n) is 4.08. The number of fused-ring (bicyclic) bond motifs is 1. The van der Waals surface area contributed by atoms with Crippen LogP contribution in [0, 0.1) is 12.8 Å². The maximum absolute atomic E-state index is 13.5. The summed E-state index contributed by atoms with van der Waals surface area (Å²) >= 11 is 1.73. The van der Waals surface area contributed by atoms with Gasteiger partial charge in [-0.25, -0.2) is 4.79 Å². The highest BCUT2D eigenvalue weighted by molar-refractivity contribution is 7.10. The van der Waals surface area contributed by atoms with Gasteiger partial charge >= 0.3 is 6.03 Å². The maximum atomic E-state index is 13.5. The fraction of sp³-hybridized carbons (Fsp3) is 0.538. The molecule has 0 unspecified atom stereocenters. The summed E-state index contributed by atoms with van der Waals surface area (Å²) in [6, 6.07) is 9.65. The smallest absolute Gasteiger partial charge is 0.318 e. The molecule has 0 radical (unpaired) electrons. The first-order valence-corrected chi connectivity index (χ1v) is 12.5. The second kappa shape index (κ2) is 10.6. The molecule has 7 heteroatoms. The van der Waals surface area contributed by atoms with Crippen LogP contribution in [-0.2, 0) is 11.2 Å². The van der Waals surface area contributed by atoms with Crippen LogP contribution in [0.25, 0.3) is 0 Å². The monoisotopic (exact) mass is 471 g/mol. The molecule has 0 saturated carbocycles. The Morgan fingerprint density at radius 2 is 1.97 bits per heavy atom. The van der Waals surface area contributed by atoms with Gasteiger partial charge in [0, 0.05) is 23.5 Å². The van der Waals surface area contributed by atoms with Crippen molar-refractivity contribution in [1.29, 1.82) is 0 Å². The van der Waals surface area contributed by atoms with Crippen molar-refractivity contribution in [3.8, 4) is 5.75 Å². The highest BCUT2D eigenvalue weighted by Gasteiger charge is 2.34. The molecular weight excluding hydrogens is 434 g/mol. The van der Waals surface area contributed by atoms with E-state index in [2.05, 4.69) is 30.6 Å². The van der Waals surface area contributed by atoms with Crippen molar-refractivity contribution in [2.24, 2.45) is 5.92 Å². The molecule has 2 heterocycles. The zero-order valence-electron chi connectivity index (χ0n) is 20.7. The van der Waals surface area contributed by atoms with Crippen LogP contribution in [0.1, 0.15) is 56.7 Å². The Labute approximate surface area is 201 Å². The number of hydrogen-bond donors (Lipinski definition) is 1. The zero-order chi connectivity index (χ0) is 24.2. The van der Waals surface area contributed by atoms with Gasteiger partial charge in [-0.2, -0.15) is 0 Å². The molecule has 0 aliphatic carbocycles. The summed E-state index contributed by atoms with van der Waals surface area (Å²) in [5.74, 6) is 1.04. The molecule has 1 aliphatic heterocycles. The van der Waals surface area contributed by atoms with Gasteiger partial charge < -0.3 is 19.9 Å². The van der Waals surface area contributed by atoms with Crippen molar-refractivity contribution in [2.45, 2.75) is 59.5 Å². The van der Waals surface area contributed by atoms with E-state index in [1.54, 1.807) is 16.2 Å². The van der Waals surface area contributed by atoms with Gasteiger partial charge in [0.25, 0.3) is 0 Å². The molecule has 0 fully saturated rings. The number of aryl methyl sites for hydroxylation is 1. The topological polar surface area (TPSA) is 61.9 Å². The van der Waals surface area contributed by atoms with E-state index in [9.17, 15) is 9.59 Å². The van der Waals surface area contributed by atoms with E-state index >= 15 is 0 Å². The standard InChI is InChI=1S/C26H37N3O3S/c1-18(2)15-28(25(31)27-26(4,5)6)16-24(30)29-13-11-23-20(12-14-33-23)21(29)17-32-22-10-8-7-9-19(22)3/h7-10,12,14,18,21H,11,13,15-17H2,1-6H3,(H,27,31)/t21-/m1/s1. The van der Waals surface area contributed by atoms with Gasteiger partial charge in [0.1, 0.15) is 18.9 Å². The third-order valence-electron chi connectivity index (χ3n) is 5.59. The van der Waals surface area contributed by atoms with Crippen molar-refractivity contribution in [3.05, 3.63) is 51.7 Å². The van der Waals surface area contributed by atoms with Crippen LogP contribution < -0.4 is 10.1 Å². The van der Waals surface area contributed by atoms with Crippen molar-refractivity contribution in [2.75, 3.05) is 26.2 Å². The fourth-order valence-corrected chi connectivity index (χ4v) is 5.00. The Morgan fingerprint density at radius 1 is 1.24 bits per heavy atom. The average molecular weight is 472 g/mol. The summed E-state index contributed by atoms with van der Waals surface area (Å²) < 4.78 is 6.18. The van der Waals surface area contributed by atoms with Gasteiger partial charge in [-0.05, 0) is 68.7 Å². The first kappa shape index (κ1) is 25.1. The van der Waals surface area contributed by atoms with E-state index in [0.717, 1.165) is 23.3 Å². The van der Waals surface area contributed by atoms with Gasteiger partial charge in [-0.3, -0.25) is 4.79 Å². The van der Waals surface area contributed by atoms with Crippen molar-refractivity contribution in [1.82, 2.24) is 15.1 Å². The molecule has 1 aromatic carbocycles. The van der Waals surface area contributed by atoms with Crippen LogP contribution in [0.3, 0.4) is 0 Å². The summed E-state index contributed by atoms with van der Waals surface area (Å²) in [6.45, 7) is 13.6. The van der Waals surface area contributed by atoms with Gasteiger partial charge in [-0.15, -0.1) is 11.3 Å². The first-order valence-electron chi connectivity index (χ1n) is 11.7. The maximum Gasteiger partial charge on any atom is 0.318 e. The predicted molar refractivity (Wildman–Crippen MR) is 134 cm³/mol. The number of benzene rings is 1. The summed E-state index contributed by atoms with van der Waals surface area (Å²) in [5, 5.41) is 5.09. The quantitative estimate of drug-likeness (QED) is 0.616. The Bertz CT molecular complexity index is 964. The van der Waals surface area contributed by atoms with Crippen LogP contribution in [0.5, 0.6) is 5.75 Å². The largest absolute Gasteiger partial charge is 0.491 e. The number of carbonyl (C=O) groups excluding carboxylic acids is 2. The van der Waals surface area contributed by atoms with Gasteiger partial charge in [0.2, 0.25) is 5.91 Å². The summed E-state index contributed by atoms with van der Waals surface area (Å²) in [7, 11) is 0. The molecule has 6 nitrogen and oxygen atoms in total. The van der Waals surface area contributed by atoms with Crippen molar-refractivity contribution in [3.63, 3.8) is 0 Å². The minimum Gasteiger partial charge on any atom is -0.491 e. The molecule has 2 aromatic rings. The van der Waals surface area contributed by atoms with Crippen LogP contribution in [0.15, 0.2) is 35.7 Å². The third-order valence-corrected chi connectivity index (χ3v) is 6.58. The summed E-state index contributed by atoms with van der Waals surface area (Å²) in [6.07, 6.45) is 0.831. The molecule has 3 rings (SSSR count). The lowest BCUT2D eigenvalue weighted by atomic mass is 10.00. The number of urea groups is 1. The Hall–Kier alpha value is -2.54. The molecule has 1 aromatic heterocycles.